The van der Waals surface area contributed by atoms with Crippen molar-refractivity contribution in [2.45, 2.75) is 6.92 Å². The van der Waals surface area contributed by atoms with Gasteiger partial charge < -0.3 is 4.74 Å². The molecule has 0 amide bonds. The Morgan fingerprint density at radius 3 is 2.25 bits per heavy atom. The van der Waals surface area contributed by atoms with Gasteiger partial charge in [0.15, 0.2) is 0 Å². The Hall–Kier alpha value is -2.02. The van der Waals surface area contributed by atoms with Crippen molar-refractivity contribution in [1.29, 1.82) is 0 Å². The van der Waals surface area contributed by atoms with Gasteiger partial charge in [0.1, 0.15) is 11.5 Å². The van der Waals surface area contributed by atoms with E-state index >= 15 is 0 Å². The maximum Gasteiger partial charge on any atom is 0.134 e. The first-order valence-electron chi connectivity index (χ1n) is 5.26. The molecule has 80 valence electrons. The Morgan fingerprint density at radius 1 is 0.938 bits per heavy atom. The van der Waals surface area contributed by atoms with Gasteiger partial charge in [-0.2, -0.15) is 0 Å². The second-order valence-corrected chi connectivity index (χ2v) is 3.61. The number of rotatable bonds is 3. The normalized spacial score (nSPS) is 9.81. The van der Waals surface area contributed by atoms with E-state index in [1.54, 1.807) is 6.08 Å². The summed E-state index contributed by atoms with van der Waals surface area (Å²) >= 11 is 0. The molecule has 0 aliphatic heterocycles. The largest absolute Gasteiger partial charge is 0.456 e. The number of para-hydroxylation sites is 2. The van der Waals surface area contributed by atoms with Crippen molar-refractivity contribution in [2.24, 2.45) is 0 Å². The zero-order chi connectivity index (χ0) is 11.4. The van der Waals surface area contributed by atoms with E-state index in [1.165, 1.54) is 0 Å². The summed E-state index contributed by atoms with van der Waals surface area (Å²) in [4.78, 5) is 0. The van der Waals surface area contributed by atoms with Gasteiger partial charge in [0.05, 0.1) is 0 Å². The minimum Gasteiger partial charge on any atom is -0.456 e. The van der Waals surface area contributed by atoms with Crippen molar-refractivity contribution in [3.63, 3.8) is 0 Å². The predicted octanol–water partition coefficient (Wildman–Crippen LogP) is 4.43. The Labute approximate surface area is 96.0 Å². The number of hydrogen-bond acceptors (Lipinski definition) is 1. The van der Waals surface area contributed by atoms with Gasteiger partial charge in [0, 0.05) is 5.56 Å². The topological polar surface area (TPSA) is 9.23 Å². The molecule has 1 heteroatoms. The molecule has 0 heterocycles. The van der Waals surface area contributed by atoms with Crippen molar-refractivity contribution in [3.05, 3.63) is 66.2 Å². The second-order valence-electron chi connectivity index (χ2n) is 3.61. The Balaban J connectivity index is 2.34. The third kappa shape index (κ3) is 2.14. The second kappa shape index (κ2) is 4.67. The van der Waals surface area contributed by atoms with Crippen LogP contribution in [0.1, 0.15) is 11.1 Å². The van der Waals surface area contributed by atoms with Crippen LogP contribution in [0.3, 0.4) is 0 Å². The summed E-state index contributed by atoms with van der Waals surface area (Å²) in [7, 11) is 0. The Kier molecular flexibility index (Phi) is 3.06. The van der Waals surface area contributed by atoms with Gasteiger partial charge in [-0.25, -0.2) is 0 Å². The lowest BCUT2D eigenvalue weighted by Gasteiger charge is -2.10. The van der Waals surface area contributed by atoms with Gasteiger partial charge in [-0.1, -0.05) is 49.1 Å². The molecule has 0 radical (unpaired) electrons. The van der Waals surface area contributed by atoms with Crippen LogP contribution in [0.15, 0.2) is 55.1 Å². The molecule has 16 heavy (non-hydrogen) atoms. The maximum atomic E-state index is 5.86. The molecule has 0 N–H and O–H groups in total. The highest BCUT2D eigenvalue weighted by atomic mass is 16.5. The van der Waals surface area contributed by atoms with Crippen LogP contribution in [0.25, 0.3) is 6.08 Å². The smallest absolute Gasteiger partial charge is 0.134 e. The van der Waals surface area contributed by atoms with Crippen molar-refractivity contribution < 1.29 is 4.74 Å². The number of ether oxygens (including phenoxy) is 1. The van der Waals surface area contributed by atoms with Crippen molar-refractivity contribution in [1.82, 2.24) is 0 Å². The molecule has 0 spiro atoms. The van der Waals surface area contributed by atoms with E-state index in [0.717, 1.165) is 22.6 Å². The molecule has 0 fully saturated rings. The fraction of sp³-hybridized carbons (Fsp3) is 0.0667. The highest BCUT2D eigenvalue weighted by molar-refractivity contribution is 5.56. The highest BCUT2D eigenvalue weighted by Crippen LogP contribution is 2.27. The van der Waals surface area contributed by atoms with Gasteiger partial charge in [0.25, 0.3) is 0 Å². The predicted molar refractivity (Wildman–Crippen MR) is 67.8 cm³/mol. The third-order valence-electron chi connectivity index (χ3n) is 2.45. The molecule has 1 nitrogen and oxygen atoms in total. The van der Waals surface area contributed by atoms with Gasteiger partial charge in [-0.3, -0.25) is 0 Å². The molecule has 2 aromatic carbocycles. The average Bonchev–Trinajstić information content (AvgIpc) is 2.33. The quantitative estimate of drug-likeness (QED) is 0.728. The van der Waals surface area contributed by atoms with Crippen molar-refractivity contribution in [2.75, 3.05) is 0 Å². The van der Waals surface area contributed by atoms with E-state index in [2.05, 4.69) is 6.58 Å². The molecule has 0 saturated carbocycles. The van der Waals surface area contributed by atoms with E-state index in [9.17, 15) is 0 Å². The first-order chi connectivity index (χ1) is 7.81. The SMILES string of the molecule is C=Cc1ccccc1Oc1ccccc1C. The van der Waals surface area contributed by atoms with Gasteiger partial charge >= 0.3 is 0 Å². The lowest BCUT2D eigenvalue weighted by molar-refractivity contribution is 0.478. The zero-order valence-electron chi connectivity index (χ0n) is 9.31. The van der Waals surface area contributed by atoms with Crippen molar-refractivity contribution >= 4 is 6.08 Å². The number of aryl methyl sites for hydroxylation is 1. The summed E-state index contributed by atoms with van der Waals surface area (Å²) in [5.41, 5.74) is 2.13. The lowest BCUT2D eigenvalue weighted by atomic mass is 10.2. The fourth-order valence-corrected chi connectivity index (χ4v) is 1.53. The number of hydrogen-bond donors (Lipinski definition) is 0. The zero-order valence-corrected chi connectivity index (χ0v) is 9.31. The van der Waals surface area contributed by atoms with Crippen LogP contribution in [0.4, 0.5) is 0 Å². The monoisotopic (exact) mass is 210 g/mol. The van der Waals surface area contributed by atoms with Gasteiger partial charge in [-0.05, 0) is 24.6 Å². The molecule has 0 bridgehead atoms. The lowest BCUT2D eigenvalue weighted by Crippen LogP contribution is -1.89. The number of benzene rings is 2. The summed E-state index contributed by atoms with van der Waals surface area (Å²) in [5, 5.41) is 0. The fourth-order valence-electron chi connectivity index (χ4n) is 1.53. The first kappa shape index (κ1) is 10.5. The third-order valence-corrected chi connectivity index (χ3v) is 2.45. The molecule has 0 unspecified atom stereocenters. The summed E-state index contributed by atoms with van der Waals surface area (Å²) in [6, 6.07) is 15.8. The highest BCUT2D eigenvalue weighted by Gasteiger charge is 2.02. The van der Waals surface area contributed by atoms with E-state index in [-0.39, 0.29) is 0 Å². The molecule has 0 aliphatic carbocycles. The van der Waals surface area contributed by atoms with Crippen LogP contribution in [-0.4, -0.2) is 0 Å². The van der Waals surface area contributed by atoms with E-state index in [1.807, 2.05) is 55.5 Å². The molecular weight excluding hydrogens is 196 g/mol. The van der Waals surface area contributed by atoms with Crippen molar-refractivity contribution in [3.8, 4) is 11.5 Å². The maximum absolute atomic E-state index is 5.86. The van der Waals surface area contributed by atoms with Crippen LogP contribution in [-0.2, 0) is 0 Å². The Morgan fingerprint density at radius 2 is 1.56 bits per heavy atom. The first-order valence-corrected chi connectivity index (χ1v) is 5.26. The standard InChI is InChI=1S/C15H14O/c1-3-13-9-5-7-11-15(13)16-14-10-6-4-8-12(14)2/h3-11H,1H2,2H3. The summed E-state index contributed by atoms with van der Waals surface area (Å²) in [6.07, 6.45) is 1.80. The van der Waals surface area contributed by atoms with E-state index in [0.29, 0.717) is 0 Å². The van der Waals surface area contributed by atoms with Crippen LogP contribution < -0.4 is 4.74 Å². The minimum absolute atomic E-state index is 0.840. The van der Waals surface area contributed by atoms with E-state index < -0.39 is 0 Å². The molecule has 2 rings (SSSR count). The molecule has 0 aliphatic rings. The molecule has 0 saturated heterocycles. The molecule has 0 aromatic heterocycles. The van der Waals surface area contributed by atoms with E-state index in [4.69, 9.17) is 4.74 Å². The van der Waals surface area contributed by atoms with Crippen LogP contribution >= 0.6 is 0 Å². The Bertz CT molecular complexity index is 500. The van der Waals surface area contributed by atoms with Crippen LogP contribution in [0.2, 0.25) is 0 Å². The van der Waals surface area contributed by atoms with Gasteiger partial charge in [0.2, 0.25) is 0 Å². The summed E-state index contributed by atoms with van der Waals surface area (Å²) in [6.45, 7) is 5.81. The summed E-state index contributed by atoms with van der Waals surface area (Å²) in [5.74, 6) is 1.73. The molecular formula is C15H14O. The van der Waals surface area contributed by atoms with Crippen LogP contribution in [0, 0.1) is 6.92 Å². The molecule has 0 atom stereocenters. The average molecular weight is 210 g/mol. The van der Waals surface area contributed by atoms with Crippen LogP contribution in [0.5, 0.6) is 11.5 Å². The molecule has 2 aromatic rings. The van der Waals surface area contributed by atoms with Gasteiger partial charge in [-0.15, -0.1) is 0 Å². The minimum atomic E-state index is 0.840. The summed E-state index contributed by atoms with van der Waals surface area (Å²) < 4.78 is 5.86.